The van der Waals surface area contributed by atoms with Crippen LogP contribution in [0, 0.1) is 17.5 Å². The van der Waals surface area contributed by atoms with Crippen LogP contribution in [0.25, 0.3) is 0 Å². The van der Waals surface area contributed by atoms with Crippen LogP contribution >= 0.6 is 0 Å². The van der Waals surface area contributed by atoms with Gasteiger partial charge in [0, 0.05) is 6.04 Å². The van der Waals surface area contributed by atoms with Crippen LogP contribution in [0.2, 0.25) is 0 Å². The lowest BCUT2D eigenvalue weighted by molar-refractivity contribution is 0.430. The first-order valence-electron chi connectivity index (χ1n) is 7.14. The van der Waals surface area contributed by atoms with Gasteiger partial charge in [0.25, 0.3) is 0 Å². The van der Waals surface area contributed by atoms with Crippen molar-refractivity contribution in [3.05, 3.63) is 65.0 Å². The van der Waals surface area contributed by atoms with Crippen LogP contribution in [0.15, 0.2) is 41.3 Å². The number of fused-ring (bicyclic) bond motifs is 1. The number of hydrogen-bond acceptors (Lipinski definition) is 2. The van der Waals surface area contributed by atoms with Crippen molar-refractivity contribution in [3.8, 4) is 0 Å². The second-order valence-corrected chi connectivity index (χ2v) is 7.12. The second kappa shape index (κ2) is 5.98. The molecule has 1 atom stereocenters. The summed E-state index contributed by atoms with van der Waals surface area (Å²) in [7, 11) is -4.30. The van der Waals surface area contributed by atoms with E-state index < -0.39 is 38.4 Å². The third-order valence-electron chi connectivity index (χ3n) is 3.96. The first kappa shape index (κ1) is 16.0. The fourth-order valence-corrected chi connectivity index (χ4v) is 4.16. The number of rotatable bonds is 3. The monoisotopic (exact) mass is 341 g/mol. The Bertz CT molecular complexity index is 852. The van der Waals surface area contributed by atoms with Gasteiger partial charge in [-0.15, -0.1) is 0 Å². The summed E-state index contributed by atoms with van der Waals surface area (Å²) in [5, 5.41) is 0. The van der Waals surface area contributed by atoms with Crippen LogP contribution in [-0.4, -0.2) is 8.42 Å². The third-order valence-corrected chi connectivity index (χ3v) is 5.45. The van der Waals surface area contributed by atoms with Gasteiger partial charge in [-0.25, -0.2) is 26.3 Å². The summed E-state index contributed by atoms with van der Waals surface area (Å²) < 4.78 is 67.2. The molecule has 0 aliphatic heterocycles. The zero-order chi connectivity index (χ0) is 16.6. The number of halogens is 3. The molecule has 0 fully saturated rings. The van der Waals surface area contributed by atoms with E-state index in [4.69, 9.17) is 0 Å². The lowest BCUT2D eigenvalue weighted by atomic mass is 9.88. The molecule has 1 aliphatic carbocycles. The molecule has 0 radical (unpaired) electrons. The van der Waals surface area contributed by atoms with E-state index >= 15 is 0 Å². The van der Waals surface area contributed by atoms with Crippen molar-refractivity contribution >= 4 is 10.0 Å². The van der Waals surface area contributed by atoms with Crippen molar-refractivity contribution in [3.63, 3.8) is 0 Å². The van der Waals surface area contributed by atoms with Gasteiger partial charge in [0.05, 0.1) is 0 Å². The second-order valence-electron chi connectivity index (χ2n) is 5.44. The van der Waals surface area contributed by atoms with Crippen molar-refractivity contribution in [2.75, 3.05) is 0 Å². The van der Waals surface area contributed by atoms with Crippen LogP contribution < -0.4 is 4.72 Å². The van der Waals surface area contributed by atoms with E-state index in [2.05, 4.69) is 4.72 Å². The van der Waals surface area contributed by atoms with Crippen LogP contribution in [0.1, 0.15) is 30.0 Å². The van der Waals surface area contributed by atoms with Crippen LogP contribution in [0.4, 0.5) is 13.2 Å². The SMILES string of the molecule is O=S(=O)(N[C@H]1CCCc2ccccc21)c1ccc(F)c(F)c1F. The highest BCUT2D eigenvalue weighted by Gasteiger charge is 2.29. The highest BCUT2D eigenvalue weighted by Crippen LogP contribution is 2.31. The van der Waals surface area contributed by atoms with Crippen molar-refractivity contribution < 1.29 is 21.6 Å². The molecule has 3 rings (SSSR count). The van der Waals surface area contributed by atoms with Gasteiger partial charge >= 0.3 is 0 Å². The molecule has 2 aromatic rings. The molecule has 0 heterocycles. The van der Waals surface area contributed by atoms with Crippen LogP contribution in [0.3, 0.4) is 0 Å². The average molecular weight is 341 g/mol. The Balaban J connectivity index is 1.96. The Morgan fingerprint density at radius 2 is 1.74 bits per heavy atom. The fraction of sp³-hybridized carbons (Fsp3) is 0.250. The zero-order valence-electron chi connectivity index (χ0n) is 12.0. The molecular formula is C16H14F3NO2S. The van der Waals surface area contributed by atoms with Crippen molar-refractivity contribution in [1.82, 2.24) is 4.72 Å². The van der Waals surface area contributed by atoms with Crippen molar-refractivity contribution in [2.45, 2.75) is 30.2 Å². The molecule has 122 valence electrons. The topological polar surface area (TPSA) is 46.2 Å². The molecule has 0 saturated heterocycles. The molecule has 0 aromatic heterocycles. The zero-order valence-corrected chi connectivity index (χ0v) is 12.8. The molecule has 7 heteroatoms. The molecule has 0 saturated carbocycles. The molecule has 23 heavy (non-hydrogen) atoms. The average Bonchev–Trinajstić information content (AvgIpc) is 2.52. The number of aryl methyl sites for hydroxylation is 1. The minimum atomic E-state index is -4.30. The standard InChI is InChI=1S/C16H14F3NO2S/c17-12-8-9-14(16(19)15(12)18)23(21,22)20-13-7-3-5-10-4-1-2-6-11(10)13/h1-2,4,6,8-9,13,20H,3,5,7H2/t13-/m0/s1. The summed E-state index contributed by atoms with van der Waals surface area (Å²) in [6, 6.07) is 8.19. The van der Waals surface area contributed by atoms with Gasteiger partial charge in [0.2, 0.25) is 10.0 Å². The van der Waals surface area contributed by atoms with Gasteiger partial charge in [-0.05, 0) is 42.5 Å². The summed E-state index contributed by atoms with van der Waals surface area (Å²) in [6.07, 6.45) is 2.18. The predicted molar refractivity (Wildman–Crippen MR) is 78.8 cm³/mol. The Labute approximate surface area is 132 Å². The number of hydrogen-bond donors (Lipinski definition) is 1. The van der Waals surface area contributed by atoms with E-state index in [-0.39, 0.29) is 0 Å². The van der Waals surface area contributed by atoms with Gasteiger partial charge in [-0.1, -0.05) is 24.3 Å². The number of nitrogens with one attached hydrogen (secondary N) is 1. The van der Waals surface area contributed by atoms with E-state index in [1.807, 2.05) is 18.2 Å². The summed E-state index contributed by atoms with van der Waals surface area (Å²) in [5.41, 5.74) is 1.85. The lowest BCUT2D eigenvalue weighted by Crippen LogP contribution is -2.31. The molecule has 0 amide bonds. The smallest absolute Gasteiger partial charge is 0.207 e. The third kappa shape index (κ3) is 2.98. The fourth-order valence-electron chi connectivity index (χ4n) is 2.84. The molecule has 2 aromatic carbocycles. The van der Waals surface area contributed by atoms with Crippen LogP contribution in [0.5, 0.6) is 0 Å². The van der Waals surface area contributed by atoms with Crippen molar-refractivity contribution in [2.24, 2.45) is 0 Å². The van der Waals surface area contributed by atoms with Gasteiger partial charge in [0.1, 0.15) is 4.90 Å². The Morgan fingerprint density at radius 3 is 2.52 bits per heavy atom. The molecule has 0 bridgehead atoms. The summed E-state index contributed by atoms with van der Waals surface area (Å²) in [6.45, 7) is 0. The Kier molecular flexibility index (Phi) is 4.16. The molecule has 1 aliphatic rings. The molecule has 0 spiro atoms. The molecule has 0 unspecified atom stereocenters. The maximum Gasteiger partial charge on any atom is 0.244 e. The van der Waals surface area contributed by atoms with E-state index in [1.54, 1.807) is 6.07 Å². The molecule has 1 N–H and O–H groups in total. The van der Waals surface area contributed by atoms with Gasteiger partial charge < -0.3 is 0 Å². The van der Waals surface area contributed by atoms with Crippen LogP contribution in [-0.2, 0) is 16.4 Å². The van der Waals surface area contributed by atoms with E-state index in [0.29, 0.717) is 12.5 Å². The summed E-state index contributed by atoms with van der Waals surface area (Å²) in [5.74, 6) is -4.93. The Hall–Kier alpha value is -1.86. The normalized spacial score (nSPS) is 17.8. The largest absolute Gasteiger partial charge is 0.244 e. The minimum Gasteiger partial charge on any atom is -0.207 e. The predicted octanol–water partition coefficient (Wildman–Crippen LogP) is 3.46. The first-order chi connectivity index (χ1) is 10.9. The molecular weight excluding hydrogens is 327 g/mol. The highest BCUT2D eigenvalue weighted by molar-refractivity contribution is 7.89. The maximum absolute atomic E-state index is 13.8. The summed E-state index contributed by atoms with van der Waals surface area (Å²) in [4.78, 5) is -0.889. The highest BCUT2D eigenvalue weighted by atomic mass is 32.2. The quantitative estimate of drug-likeness (QED) is 0.869. The van der Waals surface area contributed by atoms with Gasteiger partial charge in [-0.2, -0.15) is 0 Å². The van der Waals surface area contributed by atoms with Gasteiger partial charge in [-0.3, -0.25) is 0 Å². The van der Waals surface area contributed by atoms with E-state index in [1.165, 1.54) is 0 Å². The number of benzene rings is 2. The van der Waals surface area contributed by atoms with Gasteiger partial charge in [0.15, 0.2) is 17.5 Å². The molecule has 3 nitrogen and oxygen atoms in total. The Morgan fingerprint density at radius 1 is 1.00 bits per heavy atom. The number of sulfonamides is 1. The maximum atomic E-state index is 13.8. The lowest BCUT2D eigenvalue weighted by Gasteiger charge is -2.26. The van der Waals surface area contributed by atoms with E-state index in [9.17, 15) is 21.6 Å². The first-order valence-corrected chi connectivity index (χ1v) is 8.62. The summed E-state index contributed by atoms with van der Waals surface area (Å²) >= 11 is 0. The van der Waals surface area contributed by atoms with E-state index in [0.717, 1.165) is 30.0 Å². The van der Waals surface area contributed by atoms with Crippen molar-refractivity contribution in [1.29, 1.82) is 0 Å². The minimum absolute atomic E-state index is 0.516.